The largest absolute Gasteiger partial charge is 0.465 e. The molecular formula is C48H52N4O4. The van der Waals surface area contributed by atoms with Crippen LogP contribution in [0, 0.1) is 0 Å². The molecule has 8 heteroatoms. The number of nitrogens with one attached hydrogen (secondary N) is 1. The molecule has 2 unspecified atom stereocenters. The van der Waals surface area contributed by atoms with E-state index in [1.165, 1.54) is 16.0 Å². The van der Waals surface area contributed by atoms with Crippen molar-refractivity contribution in [3.63, 3.8) is 0 Å². The summed E-state index contributed by atoms with van der Waals surface area (Å²) in [6.07, 6.45) is 7.79. The van der Waals surface area contributed by atoms with Crippen molar-refractivity contribution in [2.45, 2.75) is 77.6 Å². The molecule has 2 atom stereocenters. The summed E-state index contributed by atoms with van der Waals surface area (Å²) in [6.45, 7) is 11.4. The molecule has 0 fully saturated rings. The van der Waals surface area contributed by atoms with Crippen molar-refractivity contribution >= 4 is 17.7 Å². The molecule has 56 heavy (non-hydrogen) atoms. The summed E-state index contributed by atoms with van der Waals surface area (Å²) in [7, 11) is 0. The zero-order valence-electron chi connectivity index (χ0n) is 33.1. The molecule has 0 radical (unpaired) electrons. The van der Waals surface area contributed by atoms with Crippen molar-refractivity contribution < 1.29 is 19.4 Å². The van der Waals surface area contributed by atoms with E-state index in [0.717, 1.165) is 46.3 Å². The molecular weight excluding hydrogens is 697 g/mol. The topological polar surface area (TPSA) is 105 Å². The molecule has 288 valence electrons. The average Bonchev–Trinajstić information content (AvgIpc) is 3.16. The number of anilines is 1. The standard InChI is InChI=1S/2C24H26N2O2/c1-24(2,3)28-23(27)22(20-12-8-5-9-13-20)26-21-15-19(16-25-17-21)14-18-10-6-4-7-11-18;1-24(2,3)26(23(27)28)22(20-12-8-5-9-13-20)21-15-19(16-25-17-21)14-18-10-6-4-7-11-18/h4-13,15-17,22,26H,14H2,1-3H3;4-13,15-17,22H,14H2,1-3H3,(H,27,28). The van der Waals surface area contributed by atoms with Crippen molar-refractivity contribution in [2.75, 3.05) is 5.32 Å². The number of rotatable bonds is 11. The molecule has 2 aromatic heterocycles. The van der Waals surface area contributed by atoms with Gasteiger partial charge in [-0.15, -0.1) is 0 Å². The molecule has 8 nitrogen and oxygen atoms in total. The van der Waals surface area contributed by atoms with E-state index in [1.54, 1.807) is 12.4 Å². The zero-order chi connectivity index (χ0) is 40.1. The molecule has 6 aromatic rings. The Morgan fingerprint density at radius 1 is 0.607 bits per heavy atom. The summed E-state index contributed by atoms with van der Waals surface area (Å²) in [5.41, 5.74) is 6.86. The fraction of sp³-hybridized carbons (Fsp3) is 0.250. The molecule has 0 saturated heterocycles. The number of carbonyl (C=O) groups is 2. The number of carbonyl (C=O) groups excluding carboxylic acids is 1. The Morgan fingerprint density at radius 2 is 1.07 bits per heavy atom. The number of esters is 1. The second-order valence-electron chi connectivity index (χ2n) is 15.7. The monoisotopic (exact) mass is 748 g/mol. The van der Waals surface area contributed by atoms with E-state index >= 15 is 0 Å². The number of hydrogen-bond acceptors (Lipinski definition) is 6. The van der Waals surface area contributed by atoms with Gasteiger partial charge in [-0.05, 0) is 105 Å². The SMILES string of the molecule is CC(C)(C)N(C(=O)O)C(c1ccccc1)c1cncc(Cc2ccccc2)c1.CC(C)(C)OC(=O)C(Nc1cncc(Cc2ccccc2)c1)c1ccccc1. The second-order valence-corrected chi connectivity index (χ2v) is 15.7. The molecule has 0 spiro atoms. The van der Waals surface area contributed by atoms with Crippen LogP contribution in [0.2, 0.25) is 0 Å². The molecule has 0 aliphatic carbocycles. The van der Waals surface area contributed by atoms with Gasteiger partial charge in [0.15, 0.2) is 6.04 Å². The minimum absolute atomic E-state index is 0.313. The van der Waals surface area contributed by atoms with Crippen molar-refractivity contribution in [1.29, 1.82) is 0 Å². The molecule has 0 aliphatic rings. The van der Waals surface area contributed by atoms with Crippen LogP contribution < -0.4 is 5.32 Å². The molecule has 2 heterocycles. The van der Waals surface area contributed by atoms with Crippen LogP contribution in [0.3, 0.4) is 0 Å². The van der Waals surface area contributed by atoms with Gasteiger partial charge in [-0.2, -0.15) is 0 Å². The first-order chi connectivity index (χ1) is 26.8. The molecule has 1 amide bonds. The molecule has 0 aliphatic heterocycles. The Bertz CT molecular complexity index is 2130. The van der Waals surface area contributed by atoms with Gasteiger partial charge in [-0.1, -0.05) is 121 Å². The number of aromatic nitrogens is 2. The fourth-order valence-corrected chi connectivity index (χ4v) is 6.44. The van der Waals surface area contributed by atoms with Crippen LogP contribution in [0.4, 0.5) is 10.5 Å². The van der Waals surface area contributed by atoms with E-state index in [-0.39, 0.29) is 5.97 Å². The summed E-state index contributed by atoms with van der Waals surface area (Å²) in [5, 5.41) is 13.3. The lowest BCUT2D eigenvalue weighted by Gasteiger charge is -2.40. The van der Waals surface area contributed by atoms with E-state index in [2.05, 4.69) is 45.6 Å². The van der Waals surface area contributed by atoms with Crippen LogP contribution in [0.25, 0.3) is 0 Å². The highest BCUT2D eigenvalue weighted by Gasteiger charge is 2.35. The van der Waals surface area contributed by atoms with Crippen LogP contribution in [0.5, 0.6) is 0 Å². The first kappa shape index (κ1) is 40.9. The lowest BCUT2D eigenvalue weighted by Crippen LogP contribution is -2.47. The van der Waals surface area contributed by atoms with Gasteiger partial charge in [-0.25, -0.2) is 9.59 Å². The Hall–Kier alpha value is -6.28. The predicted molar refractivity (Wildman–Crippen MR) is 224 cm³/mol. The maximum absolute atomic E-state index is 12.8. The average molecular weight is 749 g/mol. The lowest BCUT2D eigenvalue weighted by atomic mass is 9.92. The van der Waals surface area contributed by atoms with Crippen LogP contribution >= 0.6 is 0 Å². The predicted octanol–water partition coefficient (Wildman–Crippen LogP) is 10.7. The van der Waals surface area contributed by atoms with Gasteiger partial charge in [0.2, 0.25) is 0 Å². The smallest absolute Gasteiger partial charge is 0.408 e. The van der Waals surface area contributed by atoms with E-state index in [1.807, 2.05) is 157 Å². The normalized spacial score (nSPS) is 12.3. The zero-order valence-corrected chi connectivity index (χ0v) is 33.1. The highest BCUT2D eigenvalue weighted by Crippen LogP contribution is 2.34. The van der Waals surface area contributed by atoms with Gasteiger partial charge in [0.1, 0.15) is 5.60 Å². The third-order valence-corrected chi connectivity index (χ3v) is 8.82. The van der Waals surface area contributed by atoms with Gasteiger partial charge in [-0.3, -0.25) is 14.9 Å². The van der Waals surface area contributed by atoms with E-state index in [4.69, 9.17) is 4.74 Å². The van der Waals surface area contributed by atoms with Crippen molar-refractivity contribution in [2.24, 2.45) is 0 Å². The number of hydrogen-bond donors (Lipinski definition) is 2. The van der Waals surface area contributed by atoms with Crippen LogP contribution in [-0.4, -0.2) is 43.2 Å². The Morgan fingerprint density at radius 3 is 1.55 bits per heavy atom. The van der Waals surface area contributed by atoms with Crippen LogP contribution in [-0.2, 0) is 22.4 Å². The lowest BCUT2D eigenvalue weighted by molar-refractivity contribution is -0.156. The molecule has 0 saturated carbocycles. The second kappa shape index (κ2) is 18.8. The van der Waals surface area contributed by atoms with Gasteiger partial charge in [0.25, 0.3) is 0 Å². The summed E-state index contributed by atoms with van der Waals surface area (Å²) in [5.74, 6) is -0.313. The summed E-state index contributed by atoms with van der Waals surface area (Å²) in [4.78, 5) is 35.3. The molecule has 2 N–H and O–H groups in total. The van der Waals surface area contributed by atoms with Gasteiger partial charge < -0.3 is 15.2 Å². The van der Waals surface area contributed by atoms with Gasteiger partial charge in [0, 0.05) is 30.3 Å². The fourth-order valence-electron chi connectivity index (χ4n) is 6.44. The van der Waals surface area contributed by atoms with E-state index in [9.17, 15) is 14.7 Å². The number of nitrogens with zero attached hydrogens (tertiary/aromatic N) is 3. The Kier molecular flexibility index (Phi) is 13.8. The Balaban J connectivity index is 0.000000214. The van der Waals surface area contributed by atoms with Gasteiger partial charge >= 0.3 is 12.1 Å². The third-order valence-electron chi connectivity index (χ3n) is 8.82. The maximum atomic E-state index is 12.8. The van der Waals surface area contributed by atoms with Crippen molar-refractivity contribution in [3.05, 3.63) is 197 Å². The number of ether oxygens (including phenoxy) is 1. The third kappa shape index (κ3) is 12.1. The minimum Gasteiger partial charge on any atom is -0.465 e. The number of carboxylic acid groups (broad SMARTS) is 1. The van der Waals surface area contributed by atoms with E-state index in [0.29, 0.717) is 0 Å². The van der Waals surface area contributed by atoms with Crippen LogP contribution in [0.1, 0.15) is 92.6 Å². The van der Waals surface area contributed by atoms with Crippen molar-refractivity contribution in [1.82, 2.24) is 14.9 Å². The first-order valence-electron chi connectivity index (χ1n) is 18.8. The quantitative estimate of drug-likeness (QED) is 0.127. The van der Waals surface area contributed by atoms with E-state index < -0.39 is 29.3 Å². The molecule has 6 rings (SSSR count). The van der Waals surface area contributed by atoms with Gasteiger partial charge in [0.05, 0.1) is 11.7 Å². The van der Waals surface area contributed by atoms with Crippen LogP contribution in [0.15, 0.2) is 158 Å². The minimum atomic E-state index is -0.949. The Labute approximate surface area is 331 Å². The summed E-state index contributed by atoms with van der Waals surface area (Å²) < 4.78 is 5.63. The summed E-state index contributed by atoms with van der Waals surface area (Å²) >= 11 is 0. The summed E-state index contributed by atoms with van der Waals surface area (Å²) in [6, 6.07) is 42.9. The highest BCUT2D eigenvalue weighted by atomic mass is 16.6. The molecule has 0 bridgehead atoms. The van der Waals surface area contributed by atoms with Crippen molar-refractivity contribution in [3.8, 4) is 0 Å². The molecule has 4 aromatic carbocycles. The maximum Gasteiger partial charge on any atom is 0.408 e. The number of amides is 1. The number of pyridine rings is 2. The number of benzene rings is 4. The highest BCUT2D eigenvalue weighted by molar-refractivity contribution is 5.81. The first-order valence-corrected chi connectivity index (χ1v) is 18.8.